The predicted octanol–water partition coefficient (Wildman–Crippen LogP) is 2.26. The zero-order chi connectivity index (χ0) is 9.84. The number of rotatable bonds is 2. The smallest absolute Gasteiger partial charge is 0.335 e. The summed E-state index contributed by atoms with van der Waals surface area (Å²) in [4.78, 5) is 13.8. The highest BCUT2D eigenvalue weighted by Crippen LogP contribution is 2.18. The van der Waals surface area contributed by atoms with E-state index in [9.17, 15) is 9.18 Å². The Morgan fingerprint density at radius 1 is 1.62 bits per heavy atom. The maximum absolute atomic E-state index is 13.0. The van der Waals surface area contributed by atoms with Crippen molar-refractivity contribution in [2.75, 3.05) is 0 Å². The second kappa shape index (κ2) is 3.89. The molecule has 5 heteroatoms. The fourth-order valence-corrected chi connectivity index (χ4v) is 0.878. The zero-order valence-corrected chi connectivity index (χ0v) is 7.14. The third-order valence-corrected chi connectivity index (χ3v) is 1.45. The van der Waals surface area contributed by atoms with Crippen molar-refractivity contribution in [2.24, 2.45) is 4.99 Å². The van der Waals surface area contributed by atoms with Crippen molar-refractivity contribution < 1.29 is 14.3 Å². The summed E-state index contributed by atoms with van der Waals surface area (Å²) in [5.74, 6) is -1.91. The molecular weight excluding hydrogens is 193 g/mol. The van der Waals surface area contributed by atoms with E-state index in [-0.39, 0.29) is 11.3 Å². The van der Waals surface area contributed by atoms with Gasteiger partial charge in [-0.1, -0.05) is 0 Å². The topological polar surface area (TPSA) is 49.7 Å². The average molecular weight is 197 g/mol. The fourth-order valence-electron chi connectivity index (χ4n) is 0.780. The summed E-state index contributed by atoms with van der Waals surface area (Å²) in [6, 6.07) is 3.36. The fraction of sp³-hybridized carbons (Fsp3) is 0. The molecule has 1 aromatic rings. The summed E-state index contributed by atoms with van der Waals surface area (Å²) < 4.78 is 13.0. The van der Waals surface area contributed by atoms with Gasteiger partial charge in [-0.15, -0.1) is 0 Å². The largest absolute Gasteiger partial charge is 0.478 e. The lowest BCUT2D eigenvalue weighted by molar-refractivity contribution is 0.0696. The molecule has 0 radical (unpaired) electrons. The van der Waals surface area contributed by atoms with E-state index in [1.54, 1.807) is 0 Å². The zero-order valence-electron chi connectivity index (χ0n) is 6.32. The molecule has 0 unspecified atom stereocenters. The number of halogens is 1. The summed E-state index contributed by atoms with van der Waals surface area (Å²) in [7, 11) is 0. The molecule has 0 spiro atoms. The number of nitrogens with zero attached hydrogens (tertiary/aromatic N) is 1. The van der Waals surface area contributed by atoms with Crippen LogP contribution >= 0.6 is 12.2 Å². The van der Waals surface area contributed by atoms with Crippen molar-refractivity contribution in [1.82, 2.24) is 0 Å². The molecule has 0 bridgehead atoms. The lowest BCUT2D eigenvalue weighted by Gasteiger charge is -1.96. The molecule has 0 saturated carbocycles. The third kappa shape index (κ3) is 2.18. The van der Waals surface area contributed by atoms with Crippen LogP contribution in [0.2, 0.25) is 0 Å². The van der Waals surface area contributed by atoms with Gasteiger partial charge in [0, 0.05) is 0 Å². The number of isothiocyanates is 1. The van der Waals surface area contributed by atoms with Crippen molar-refractivity contribution in [1.29, 1.82) is 0 Å². The van der Waals surface area contributed by atoms with E-state index in [0.29, 0.717) is 0 Å². The van der Waals surface area contributed by atoms with Crippen LogP contribution in [-0.2, 0) is 0 Å². The molecule has 13 heavy (non-hydrogen) atoms. The highest BCUT2D eigenvalue weighted by atomic mass is 32.1. The summed E-state index contributed by atoms with van der Waals surface area (Å²) in [5, 5.41) is 10.5. The molecule has 3 nitrogen and oxygen atoms in total. The van der Waals surface area contributed by atoms with Crippen LogP contribution < -0.4 is 0 Å². The molecule has 0 aliphatic heterocycles. The van der Waals surface area contributed by atoms with Gasteiger partial charge in [0.05, 0.1) is 10.7 Å². The van der Waals surface area contributed by atoms with Crippen LogP contribution in [0.5, 0.6) is 0 Å². The number of carboxylic acid groups (broad SMARTS) is 1. The normalized spacial score (nSPS) is 9.00. The Labute approximate surface area is 78.5 Å². The van der Waals surface area contributed by atoms with Crippen molar-refractivity contribution in [3.05, 3.63) is 29.6 Å². The molecule has 0 aliphatic rings. The monoisotopic (exact) mass is 197 g/mol. The maximum Gasteiger partial charge on any atom is 0.335 e. The Kier molecular flexibility index (Phi) is 2.84. The molecule has 0 fully saturated rings. The highest BCUT2D eigenvalue weighted by Gasteiger charge is 2.06. The van der Waals surface area contributed by atoms with Gasteiger partial charge in [-0.25, -0.2) is 9.18 Å². The summed E-state index contributed by atoms with van der Waals surface area (Å²) in [6.07, 6.45) is 0. The van der Waals surface area contributed by atoms with E-state index in [1.165, 1.54) is 12.1 Å². The Bertz CT molecular complexity index is 399. The van der Waals surface area contributed by atoms with E-state index in [0.717, 1.165) is 6.07 Å². The maximum atomic E-state index is 13.0. The molecule has 0 atom stereocenters. The van der Waals surface area contributed by atoms with Crippen molar-refractivity contribution in [3.63, 3.8) is 0 Å². The first-order valence-electron chi connectivity index (χ1n) is 3.26. The number of hydrogen-bond acceptors (Lipinski definition) is 3. The molecule has 0 amide bonds. The SMILES string of the molecule is O=C(O)c1ccc(N=C=S)c(F)c1. The van der Waals surface area contributed by atoms with Crippen LogP contribution in [0.1, 0.15) is 10.4 Å². The number of hydrogen-bond donors (Lipinski definition) is 1. The van der Waals surface area contributed by atoms with Gasteiger partial charge in [0.1, 0.15) is 5.69 Å². The first-order chi connectivity index (χ1) is 6.15. The van der Waals surface area contributed by atoms with Gasteiger partial charge in [0.25, 0.3) is 0 Å². The minimum Gasteiger partial charge on any atom is -0.478 e. The third-order valence-electron chi connectivity index (χ3n) is 1.36. The first kappa shape index (κ1) is 9.51. The molecule has 0 aliphatic carbocycles. The van der Waals surface area contributed by atoms with E-state index in [4.69, 9.17) is 5.11 Å². The number of aromatic carboxylic acids is 1. The standard InChI is InChI=1S/C8H4FNO2S/c9-6-3-5(8(11)12)1-2-7(6)10-4-13/h1-3H,(H,11,12). The Morgan fingerprint density at radius 3 is 2.77 bits per heavy atom. The minimum absolute atomic E-state index is 0.0139. The van der Waals surface area contributed by atoms with Crippen molar-refractivity contribution in [3.8, 4) is 0 Å². The van der Waals surface area contributed by atoms with Gasteiger partial charge in [0.15, 0.2) is 5.82 Å². The number of carboxylic acids is 1. The van der Waals surface area contributed by atoms with Gasteiger partial charge in [-0.2, -0.15) is 4.99 Å². The average Bonchev–Trinajstić information content (AvgIpc) is 2.08. The summed E-state index contributed by atoms with van der Waals surface area (Å²) in [6.45, 7) is 0. The van der Waals surface area contributed by atoms with Crippen LogP contribution in [0.3, 0.4) is 0 Å². The van der Waals surface area contributed by atoms with Crippen LogP contribution in [0, 0.1) is 5.82 Å². The molecule has 1 rings (SSSR count). The second-order valence-corrected chi connectivity index (χ2v) is 2.36. The number of thiocarbonyl (C=S) groups is 1. The van der Waals surface area contributed by atoms with Gasteiger partial charge >= 0.3 is 5.97 Å². The van der Waals surface area contributed by atoms with Gasteiger partial charge in [0.2, 0.25) is 0 Å². The van der Waals surface area contributed by atoms with Crippen LogP contribution in [0.4, 0.5) is 10.1 Å². The number of benzene rings is 1. The highest BCUT2D eigenvalue weighted by molar-refractivity contribution is 7.78. The quantitative estimate of drug-likeness (QED) is 0.584. The lowest BCUT2D eigenvalue weighted by Crippen LogP contribution is -1.96. The molecule has 0 heterocycles. The molecule has 1 N–H and O–H groups in total. The minimum atomic E-state index is -1.18. The van der Waals surface area contributed by atoms with Crippen LogP contribution in [-0.4, -0.2) is 16.2 Å². The Balaban J connectivity index is 3.19. The summed E-state index contributed by atoms with van der Waals surface area (Å²) in [5.41, 5.74) is -0.138. The van der Waals surface area contributed by atoms with Crippen LogP contribution in [0.15, 0.2) is 23.2 Å². The van der Waals surface area contributed by atoms with Gasteiger partial charge in [-0.05, 0) is 30.4 Å². The summed E-state index contributed by atoms with van der Waals surface area (Å²) >= 11 is 4.28. The number of aliphatic imine (C=N–C) groups is 1. The van der Waals surface area contributed by atoms with Crippen LogP contribution in [0.25, 0.3) is 0 Å². The molecule has 0 saturated heterocycles. The first-order valence-corrected chi connectivity index (χ1v) is 3.66. The van der Waals surface area contributed by atoms with E-state index in [1.807, 2.05) is 5.16 Å². The molecular formula is C8H4FNO2S. The van der Waals surface area contributed by atoms with Gasteiger partial charge in [-0.3, -0.25) is 0 Å². The lowest BCUT2D eigenvalue weighted by atomic mass is 10.2. The van der Waals surface area contributed by atoms with E-state index in [2.05, 4.69) is 17.2 Å². The van der Waals surface area contributed by atoms with E-state index < -0.39 is 11.8 Å². The van der Waals surface area contributed by atoms with Gasteiger partial charge < -0.3 is 5.11 Å². The Hall–Kier alpha value is -1.58. The van der Waals surface area contributed by atoms with E-state index >= 15 is 0 Å². The van der Waals surface area contributed by atoms with Crippen molar-refractivity contribution >= 4 is 29.0 Å². The Morgan fingerprint density at radius 2 is 2.31 bits per heavy atom. The van der Waals surface area contributed by atoms with Crippen molar-refractivity contribution in [2.45, 2.75) is 0 Å². The molecule has 0 aromatic heterocycles. The molecule has 66 valence electrons. The number of carbonyl (C=O) groups is 1. The second-order valence-electron chi connectivity index (χ2n) is 2.17. The molecule has 1 aromatic carbocycles. The predicted molar refractivity (Wildman–Crippen MR) is 48.0 cm³/mol.